The normalized spacial score (nSPS) is 12.7. The molecule has 0 N–H and O–H groups in total. The van der Waals surface area contributed by atoms with Crippen LogP contribution < -0.4 is 0 Å². The van der Waals surface area contributed by atoms with E-state index >= 15 is 0 Å². The zero-order chi connectivity index (χ0) is 51.4. The minimum Gasteiger partial charge on any atom is -0.462 e. The fourth-order valence-electron chi connectivity index (χ4n) is 8.35. The maximum absolute atomic E-state index is 12.9. The lowest BCUT2D eigenvalue weighted by Gasteiger charge is -2.18. The lowest BCUT2D eigenvalue weighted by atomic mass is 10.1. The Morgan fingerprint density at radius 2 is 0.563 bits per heavy atom. The summed E-state index contributed by atoms with van der Waals surface area (Å²) in [6.45, 7) is 6.49. The summed E-state index contributed by atoms with van der Waals surface area (Å²) in [6.07, 6.45) is 77.3. The average Bonchev–Trinajstić information content (AvgIpc) is 3.37. The first kappa shape index (κ1) is 67.6. The molecule has 0 aromatic rings. The molecular weight excluding hydrogens is 877 g/mol. The molecule has 6 nitrogen and oxygen atoms in total. The number of carbonyl (C=O) groups excluding carboxylic acids is 3. The molecule has 0 saturated heterocycles. The van der Waals surface area contributed by atoms with Gasteiger partial charge < -0.3 is 14.2 Å². The van der Waals surface area contributed by atoms with Crippen LogP contribution in [-0.2, 0) is 28.6 Å². The average molecular weight is 990 g/mol. The van der Waals surface area contributed by atoms with Crippen molar-refractivity contribution < 1.29 is 28.6 Å². The van der Waals surface area contributed by atoms with Crippen LogP contribution >= 0.6 is 0 Å². The molecule has 1 unspecified atom stereocenters. The van der Waals surface area contributed by atoms with E-state index in [4.69, 9.17) is 14.2 Å². The van der Waals surface area contributed by atoms with Gasteiger partial charge in [0.2, 0.25) is 0 Å². The van der Waals surface area contributed by atoms with Crippen LogP contribution in [0.3, 0.4) is 0 Å². The van der Waals surface area contributed by atoms with E-state index in [1.54, 1.807) is 0 Å². The van der Waals surface area contributed by atoms with Gasteiger partial charge in [-0.25, -0.2) is 0 Å². The lowest BCUT2D eigenvalue weighted by molar-refractivity contribution is -0.167. The smallest absolute Gasteiger partial charge is 0.306 e. The van der Waals surface area contributed by atoms with Gasteiger partial charge in [-0.1, -0.05) is 247 Å². The van der Waals surface area contributed by atoms with Crippen molar-refractivity contribution >= 4 is 17.9 Å². The number of hydrogen-bond donors (Lipinski definition) is 0. The van der Waals surface area contributed by atoms with Gasteiger partial charge in [0.15, 0.2) is 6.10 Å². The maximum atomic E-state index is 12.9. The molecule has 0 bridgehead atoms. The van der Waals surface area contributed by atoms with Crippen molar-refractivity contribution in [1.29, 1.82) is 0 Å². The second kappa shape index (κ2) is 59.2. The Bertz CT molecular complexity index is 1370. The summed E-state index contributed by atoms with van der Waals surface area (Å²) >= 11 is 0. The summed E-state index contributed by atoms with van der Waals surface area (Å²) < 4.78 is 16.8. The van der Waals surface area contributed by atoms with Crippen LogP contribution in [0.5, 0.6) is 0 Å². The van der Waals surface area contributed by atoms with E-state index in [1.165, 1.54) is 148 Å². The third-order valence-corrected chi connectivity index (χ3v) is 12.9. The van der Waals surface area contributed by atoms with Crippen LogP contribution in [0, 0.1) is 0 Å². The number of esters is 3. The number of allylic oxidation sites excluding steroid dienone is 14. The Morgan fingerprint density at radius 1 is 0.296 bits per heavy atom. The Balaban J connectivity index is 4.48. The minimum absolute atomic E-state index is 0.101. The second-order valence-electron chi connectivity index (χ2n) is 19.9. The van der Waals surface area contributed by atoms with Crippen molar-refractivity contribution in [2.45, 2.75) is 297 Å². The van der Waals surface area contributed by atoms with Crippen LogP contribution in [-0.4, -0.2) is 37.2 Å². The third kappa shape index (κ3) is 57.4. The van der Waals surface area contributed by atoms with Gasteiger partial charge in [-0.15, -0.1) is 0 Å². The van der Waals surface area contributed by atoms with Crippen LogP contribution in [0.15, 0.2) is 85.1 Å². The standard InChI is InChI=1S/C65H112O6/c1-4-7-10-13-16-19-22-25-28-31-34-37-40-43-46-49-52-55-58-64(67)70-61-62(60-69-63(66)57-54-51-48-45-42-39-36-33-30-27-24-21-18-15-12-9-6-3)71-65(68)59-56-53-50-47-44-41-38-35-32-29-26-23-20-17-14-11-8-5-2/h9,12,18,21,27,30,34-39,45,48,62H,4-8,10-11,13-17,19-20,22-26,28-29,31-33,40-44,46-47,49-61H2,1-3H3/b12-9-,21-18-,30-27-,37-34-,38-35-,39-36-,48-45-. The highest BCUT2D eigenvalue weighted by atomic mass is 16.6. The van der Waals surface area contributed by atoms with Crippen molar-refractivity contribution in [1.82, 2.24) is 0 Å². The van der Waals surface area contributed by atoms with E-state index in [0.717, 1.165) is 96.3 Å². The van der Waals surface area contributed by atoms with Crippen molar-refractivity contribution in [3.8, 4) is 0 Å². The SMILES string of the molecule is CC/C=C\C/C=C\C/C=C\C/C=C\C/C=C\CCCC(=O)OCC(COC(=O)CCCCCCC/C=C\CCCCCCCCCCC)OC(=O)CCCCCCC/C=C\CCCCCCCCCCC. The number of ether oxygens (including phenoxy) is 3. The molecule has 0 radical (unpaired) electrons. The van der Waals surface area contributed by atoms with Gasteiger partial charge in [0.25, 0.3) is 0 Å². The highest BCUT2D eigenvalue weighted by Gasteiger charge is 2.19. The maximum Gasteiger partial charge on any atom is 0.306 e. The number of unbranched alkanes of at least 4 members (excludes halogenated alkanes) is 29. The summed E-state index contributed by atoms with van der Waals surface area (Å²) in [4.78, 5) is 38.2. The van der Waals surface area contributed by atoms with E-state index in [-0.39, 0.29) is 37.5 Å². The van der Waals surface area contributed by atoms with E-state index in [1.807, 2.05) is 0 Å². The summed E-state index contributed by atoms with van der Waals surface area (Å²) in [6, 6.07) is 0. The monoisotopic (exact) mass is 989 g/mol. The minimum atomic E-state index is -0.808. The van der Waals surface area contributed by atoms with Gasteiger partial charge in [0, 0.05) is 19.3 Å². The molecule has 1 atom stereocenters. The van der Waals surface area contributed by atoms with Gasteiger partial charge >= 0.3 is 17.9 Å². The molecule has 0 fully saturated rings. The molecule has 0 aliphatic carbocycles. The fraction of sp³-hybridized carbons (Fsp3) is 0.738. The molecule has 0 spiro atoms. The Kier molecular flexibility index (Phi) is 56.3. The van der Waals surface area contributed by atoms with Gasteiger partial charge in [0.1, 0.15) is 13.2 Å². The molecular formula is C65H112O6. The quantitative estimate of drug-likeness (QED) is 0.0261. The predicted octanol–water partition coefficient (Wildman–Crippen LogP) is 20.3. The van der Waals surface area contributed by atoms with E-state index in [9.17, 15) is 14.4 Å². The molecule has 0 rings (SSSR count). The number of rotatable bonds is 54. The third-order valence-electron chi connectivity index (χ3n) is 12.9. The molecule has 6 heteroatoms. The fourth-order valence-corrected chi connectivity index (χ4v) is 8.35. The molecule has 0 heterocycles. The van der Waals surface area contributed by atoms with E-state index < -0.39 is 6.10 Å². The van der Waals surface area contributed by atoms with Gasteiger partial charge in [-0.2, -0.15) is 0 Å². The Labute approximate surface area is 439 Å². The molecule has 408 valence electrons. The zero-order valence-corrected chi connectivity index (χ0v) is 46.7. The molecule has 0 saturated carbocycles. The van der Waals surface area contributed by atoms with Crippen molar-refractivity contribution in [2.24, 2.45) is 0 Å². The van der Waals surface area contributed by atoms with Gasteiger partial charge in [-0.05, 0) is 109 Å². The summed E-state index contributed by atoms with van der Waals surface area (Å²) in [5.74, 6) is -0.970. The van der Waals surface area contributed by atoms with Crippen LogP contribution in [0.1, 0.15) is 290 Å². The number of hydrogen-bond acceptors (Lipinski definition) is 6. The topological polar surface area (TPSA) is 78.9 Å². The molecule has 71 heavy (non-hydrogen) atoms. The summed E-state index contributed by atoms with van der Waals surface area (Å²) in [7, 11) is 0. The molecule has 0 aliphatic heterocycles. The Morgan fingerprint density at radius 3 is 0.930 bits per heavy atom. The zero-order valence-electron chi connectivity index (χ0n) is 46.7. The summed E-state index contributed by atoms with van der Waals surface area (Å²) in [5.41, 5.74) is 0. The van der Waals surface area contributed by atoms with Gasteiger partial charge in [-0.3, -0.25) is 14.4 Å². The van der Waals surface area contributed by atoms with Crippen LogP contribution in [0.4, 0.5) is 0 Å². The van der Waals surface area contributed by atoms with E-state index in [0.29, 0.717) is 19.3 Å². The van der Waals surface area contributed by atoms with Crippen molar-refractivity contribution in [2.75, 3.05) is 13.2 Å². The number of carbonyl (C=O) groups is 3. The van der Waals surface area contributed by atoms with E-state index in [2.05, 4.69) is 106 Å². The first-order valence-electron chi connectivity index (χ1n) is 30.1. The largest absolute Gasteiger partial charge is 0.462 e. The molecule has 0 aromatic heterocycles. The van der Waals surface area contributed by atoms with Crippen LogP contribution in [0.25, 0.3) is 0 Å². The Hall–Kier alpha value is -3.41. The van der Waals surface area contributed by atoms with Crippen molar-refractivity contribution in [3.05, 3.63) is 85.1 Å². The molecule has 0 aromatic carbocycles. The highest BCUT2D eigenvalue weighted by Crippen LogP contribution is 2.15. The summed E-state index contributed by atoms with van der Waals surface area (Å²) in [5, 5.41) is 0. The van der Waals surface area contributed by atoms with Crippen LogP contribution in [0.2, 0.25) is 0 Å². The second-order valence-corrected chi connectivity index (χ2v) is 19.9. The molecule has 0 amide bonds. The predicted molar refractivity (Wildman–Crippen MR) is 307 cm³/mol. The van der Waals surface area contributed by atoms with Gasteiger partial charge in [0.05, 0.1) is 0 Å². The first-order valence-corrected chi connectivity index (χ1v) is 30.1. The highest BCUT2D eigenvalue weighted by molar-refractivity contribution is 5.71. The van der Waals surface area contributed by atoms with Crippen molar-refractivity contribution in [3.63, 3.8) is 0 Å². The first-order chi connectivity index (χ1) is 35.0. The molecule has 0 aliphatic rings. The lowest BCUT2D eigenvalue weighted by Crippen LogP contribution is -2.30.